The van der Waals surface area contributed by atoms with Crippen LogP contribution in [-0.4, -0.2) is 36.6 Å². The third-order valence-electron chi connectivity index (χ3n) is 2.87. The molecule has 0 unspecified atom stereocenters. The number of pyridine rings is 1. The van der Waals surface area contributed by atoms with E-state index in [1.807, 2.05) is 6.07 Å². The van der Waals surface area contributed by atoms with Gasteiger partial charge in [0, 0.05) is 25.8 Å². The van der Waals surface area contributed by atoms with E-state index < -0.39 is 5.91 Å². The van der Waals surface area contributed by atoms with Crippen LogP contribution in [0.2, 0.25) is 0 Å². The van der Waals surface area contributed by atoms with Crippen LogP contribution >= 0.6 is 0 Å². The van der Waals surface area contributed by atoms with Crippen molar-refractivity contribution in [3.05, 3.63) is 23.9 Å². The summed E-state index contributed by atoms with van der Waals surface area (Å²) in [6, 6.07) is 4.08. The van der Waals surface area contributed by atoms with Gasteiger partial charge in [-0.3, -0.25) is 4.79 Å². The Balaban J connectivity index is 2.15. The fraction of sp³-hybridized carbons (Fsp3) is 0.455. The lowest BCUT2D eigenvalue weighted by atomic mass is 10.1. The quantitative estimate of drug-likeness (QED) is 0.748. The van der Waals surface area contributed by atoms with Gasteiger partial charge in [-0.1, -0.05) is 0 Å². The molecule has 0 spiro atoms. The molecule has 1 saturated heterocycles. The molecule has 1 amide bonds. The summed E-state index contributed by atoms with van der Waals surface area (Å²) in [4.78, 5) is 17.4. The van der Waals surface area contributed by atoms with Crippen molar-refractivity contribution in [2.75, 3.05) is 24.5 Å². The first kappa shape index (κ1) is 10.9. The van der Waals surface area contributed by atoms with E-state index in [9.17, 15) is 4.79 Å². The van der Waals surface area contributed by atoms with Gasteiger partial charge in [0.25, 0.3) is 0 Å². The first-order valence-electron chi connectivity index (χ1n) is 5.45. The van der Waals surface area contributed by atoms with Crippen molar-refractivity contribution in [2.45, 2.75) is 13.0 Å². The number of carbonyl (C=O) groups is 1. The van der Waals surface area contributed by atoms with Crippen LogP contribution in [0, 0.1) is 0 Å². The highest BCUT2D eigenvalue weighted by molar-refractivity contribution is 5.92. The molecule has 1 aromatic heterocycles. The fourth-order valence-corrected chi connectivity index (χ4v) is 1.80. The van der Waals surface area contributed by atoms with Crippen LogP contribution in [0.1, 0.15) is 17.3 Å². The minimum Gasteiger partial charge on any atom is -0.366 e. The Morgan fingerprint density at radius 2 is 2.38 bits per heavy atom. The van der Waals surface area contributed by atoms with Gasteiger partial charge in [-0.25, -0.2) is 4.98 Å². The fourth-order valence-electron chi connectivity index (χ4n) is 1.80. The topological polar surface area (TPSA) is 71.2 Å². The van der Waals surface area contributed by atoms with Crippen LogP contribution in [0.15, 0.2) is 18.3 Å². The van der Waals surface area contributed by atoms with Crippen LogP contribution < -0.4 is 16.0 Å². The zero-order valence-electron chi connectivity index (χ0n) is 9.31. The molecule has 16 heavy (non-hydrogen) atoms. The molecule has 0 atom stereocenters. The van der Waals surface area contributed by atoms with E-state index in [2.05, 4.69) is 22.1 Å². The van der Waals surface area contributed by atoms with E-state index >= 15 is 0 Å². The number of nitrogens with two attached hydrogens (primary N) is 1. The molecule has 1 aliphatic heterocycles. The summed E-state index contributed by atoms with van der Waals surface area (Å²) in [7, 11) is 0. The molecule has 3 N–H and O–H groups in total. The first-order valence-corrected chi connectivity index (χ1v) is 5.45. The summed E-state index contributed by atoms with van der Waals surface area (Å²) in [5, 5.41) is 3.23. The Morgan fingerprint density at radius 1 is 1.62 bits per heavy atom. The van der Waals surface area contributed by atoms with Crippen molar-refractivity contribution >= 4 is 11.7 Å². The maximum Gasteiger partial charge on any atom is 0.250 e. The number of hydrogen-bond donors (Lipinski definition) is 2. The van der Waals surface area contributed by atoms with Crippen LogP contribution in [0.5, 0.6) is 0 Å². The molecule has 0 bridgehead atoms. The number of anilines is 1. The Hall–Kier alpha value is -1.62. The molecule has 1 aliphatic rings. The second-order valence-corrected chi connectivity index (χ2v) is 3.87. The second kappa shape index (κ2) is 4.49. The van der Waals surface area contributed by atoms with Gasteiger partial charge in [-0.2, -0.15) is 0 Å². The van der Waals surface area contributed by atoms with Crippen molar-refractivity contribution in [3.8, 4) is 0 Å². The highest BCUT2D eigenvalue weighted by Gasteiger charge is 2.24. The molecular weight excluding hydrogens is 204 g/mol. The van der Waals surface area contributed by atoms with Crippen LogP contribution in [0.3, 0.4) is 0 Å². The minimum atomic E-state index is -0.438. The third-order valence-corrected chi connectivity index (χ3v) is 2.87. The standard InChI is InChI=1S/C11H16N4O/c1-2-15(9-6-13-7-9)10-4-3-8(5-14-10)11(12)16/h3-5,9,13H,2,6-7H2,1H3,(H2,12,16). The van der Waals surface area contributed by atoms with Gasteiger partial charge in [0.15, 0.2) is 0 Å². The van der Waals surface area contributed by atoms with Gasteiger partial charge in [-0.15, -0.1) is 0 Å². The predicted molar refractivity (Wildman–Crippen MR) is 62.4 cm³/mol. The number of amides is 1. The summed E-state index contributed by atoms with van der Waals surface area (Å²) in [5.74, 6) is 0.464. The Kier molecular flexibility index (Phi) is 3.05. The van der Waals surface area contributed by atoms with Gasteiger partial charge in [0.1, 0.15) is 5.82 Å². The molecule has 86 valence electrons. The van der Waals surface area contributed by atoms with Crippen LogP contribution in [0.25, 0.3) is 0 Å². The summed E-state index contributed by atoms with van der Waals surface area (Å²) in [5.41, 5.74) is 5.62. The zero-order valence-corrected chi connectivity index (χ0v) is 9.31. The SMILES string of the molecule is CCN(c1ccc(C(N)=O)cn1)C1CNC1. The number of nitrogens with zero attached hydrogens (tertiary/aromatic N) is 2. The van der Waals surface area contributed by atoms with Gasteiger partial charge >= 0.3 is 0 Å². The van der Waals surface area contributed by atoms with E-state index in [0.29, 0.717) is 11.6 Å². The smallest absolute Gasteiger partial charge is 0.250 e. The largest absolute Gasteiger partial charge is 0.366 e. The number of likely N-dealkylation sites (N-methyl/N-ethyl adjacent to an activating group) is 1. The van der Waals surface area contributed by atoms with Crippen molar-refractivity contribution in [1.29, 1.82) is 0 Å². The molecule has 2 heterocycles. The van der Waals surface area contributed by atoms with Gasteiger partial charge in [0.2, 0.25) is 5.91 Å². The average molecular weight is 220 g/mol. The molecular formula is C11H16N4O. The van der Waals surface area contributed by atoms with Gasteiger partial charge in [-0.05, 0) is 19.1 Å². The van der Waals surface area contributed by atoms with Crippen molar-refractivity contribution in [2.24, 2.45) is 5.73 Å². The molecule has 0 saturated carbocycles. The summed E-state index contributed by atoms with van der Waals surface area (Å²) in [6.07, 6.45) is 1.53. The number of carbonyl (C=O) groups excluding carboxylic acids is 1. The predicted octanol–water partition coefficient (Wildman–Crippen LogP) is -0.0214. The Morgan fingerprint density at radius 3 is 2.75 bits per heavy atom. The monoisotopic (exact) mass is 220 g/mol. The molecule has 5 nitrogen and oxygen atoms in total. The summed E-state index contributed by atoms with van der Waals surface area (Å²) in [6.45, 7) is 5.00. The molecule has 1 aromatic rings. The maximum atomic E-state index is 10.9. The van der Waals surface area contributed by atoms with Gasteiger partial charge in [0.05, 0.1) is 11.6 Å². The number of hydrogen-bond acceptors (Lipinski definition) is 4. The lowest BCUT2D eigenvalue weighted by Crippen LogP contribution is -2.57. The number of nitrogens with one attached hydrogen (secondary N) is 1. The van der Waals surface area contributed by atoms with Crippen LogP contribution in [0.4, 0.5) is 5.82 Å². The molecule has 0 radical (unpaired) electrons. The van der Waals surface area contributed by atoms with Gasteiger partial charge < -0.3 is 16.0 Å². The number of rotatable bonds is 4. The summed E-state index contributed by atoms with van der Waals surface area (Å²) >= 11 is 0. The van der Waals surface area contributed by atoms with Crippen molar-refractivity contribution < 1.29 is 4.79 Å². The Labute approximate surface area is 94.6 Å². The number of aromatic nitrogens is 1. The minimum absolute atomic E-state index is 0.438. The molecule has 0 aliphatic carbocycles. The lowest BCUT2D eigenvalue weighted by molar-refractivity contribution is 0.1000. The lowest BCUT2D eigenvalue weighted by Gasteiger charge is -2.38. The molecule has 1 fully saturated rings. The van der Waals surface area contributed by atoms with E-state index in [1.54, 1.807) is 6.07 Å². The Bertz CT molecular complexity index is 372. The van der Waals surface area contributed by atoms with E-state index in [-0.39, 0.29) is 0 Å². The molecule has 2 rings (SSSR count). The third kappa shape index (κ3) is 1.99. The average Bonchev–Trinajstić information content (AvgIpc) is 2.23. The molecule has 5 heteroatoms. The molecule has 0 aromatic carbocycles. The van der Waals surface area contributed by atoms with E-state index in [1.165, 1.54) is 6.20 Å². The van der Waals surface area contributed by atoms with Crippen molar-refractivity contribution in [1.82, 2.24) is 10.3 Å². The maximum absolute atomic E-state index is 10.9. The van der Waals surface area contributed by atoms with E-state index in [0.717, 1.165) is 25.5 Å². The highest BCUT2D eigenvalue weighted by atomic mass is 16.1. The normalized spacial score (nSPS) is 15.6. The zero-order chi connectivity index (χ0) is 11.5. The number of primary amides is 1. The second-order valence-electron chi connectivity index (χ2n) is 3.87. The summed E-state index contributed by atoms with van der Waals surface area (Å²) < 4.78 is 0. The van der Waals surface area contributed by atoms with Crippen molar-refractivity contribution in [3.63, 3.8) is 0 Å². The first-order chi connectivity index (χ1) is 7.72. The highest BCUT2D eigenvalue weighted by Crippen LogP contribution is 2.16. The van der Waals surface area contributed by atoms with Crippen LogP contribution in [-0.2, 0) is 0 Å². The van der Waals surface area contributed by atoms with E-state index in [4.69, 9.17) is 5.73 Å².